The highest BCUT2D eigenvalue weighted by molar-refractivity contribution is 8.45. The van der Waals surface area contributed by atoms with E-state index in [1.54, 1.807) is 20.8 Å². The van der Waals surface area contributed by atoms with Gasteiger partial charge < -0.3 is 14.8 Å². The average Bonchev–Trinajstić information content (AvgIpc) is 2.95. The maximum absolute atomic E-state index is 14.4. The summed E-state index contributed by atoms with van der Waals surface area (Å²) < 4.78 is 106. The van der Waals surface area contributed by atoms with E-state index in [0.717, 1.165) is 9.80 Å². The molecule has 3 amide bonds. The van der Waals surface area contributed by atoms with E-state index >= 15 is 0 Å². The van der Waals surface area contributed by atoms with Crippen molar-refractivity contribution in [2.45, 2.75) is 81.0 Å². The Bertz CT molecular complexity index is 1430. The van der Waals surface area contributed by atoms with Gasteiger partial charge in [-0.1, -0.05) is 25.5 Å². The van der Waals surface area contributed by atoms with Crippen molar-refractivity contribution >= 4 is 33.8 Å². The van der Waals surface area contributed by atoms with E-state index in [1.807, 2.05) is 0 Å². The fourth-order valence-corrected chi connectivity index (χ4v) is 5.85. The highest BCUT2D eigenvalue weighted by atomic mass is 32.5. The lowest BCUT2D eigenvalue weighted by atomic mass is 9.91. The first-order chi connectivity index (χ1) is 21.0. The lowest BCUT2D eigenvalue weighted by molar-refractivity contribution is -0.133. The molecule has 1 saturated heterocycles. The molecule has 0 radical (unpaired) electrons. The van der Waals surface area contributed by atoms with Crippen molar-refractivity contribution in [3.8, 4) is 0 Å². The Balaban J connectivity index is 1.81. The second kappa shape index (κ2) is 11.9. The van der Waals surface area contributed by atoms with E-state index in [-0.39, 0.29) is 43.7 Å². The maximum Gasteiger partial charge on any atom is 0.411 e. The number of rotatable bonds is 7. The molecule has 1 aromatic heterocycles. The predicted molar refractivity (Wildman–Crippen MR) is 155 cm³/mol. The Labute approximate surface area is 261 Å². The molecule has 2 aromatic rings. The molecule has 0 spiro atoms. The summed E-state index contributed by atoms with van der Waals surface area (Å²) in [5, 5.41) is 2.65. The number of benzene rings is 1. The minimum atomic E-state index is -10.1. The number of nitrogens with zero attached hydrogens (tertiary/aromatic N) is 3. The van der Waals surface area contributed by atoms with Gasteiger partial charge in [0.15, 0.2) is 0 Å². The molecule has 2 atom stereocenters. The van der Waals surface area contributed by atoms with Gasteiger partial charge in [-0.15, -0.1) is 0 Å². The number of alkyl halides is 2. The van der Waals surface area contributed by atoms with Crippen LogP contribution in [-0.2, 0) is 19.1 Å². The summed E-state index contributed by atoms with van der Waals surface area (Å²) in [6.45, 7) is 4.29. The number of aromatic nitrogens is 1. The third-order valence-corrected chi connectivity index (χ3v) is 8.57. The summed E-state index contributed by atoms with van der Waals surface area (Å²) in [5.41, 5.74) is -1.31. The van der Waals surface area contributed by atoms with Gasteiger partial charge in [0, 0.05) is 49.1 Å². The van der Waals surface area contributed by atoms with Gasteiger partial charge >= 0.3 is 16.3 Å². The zero-order valence-corrected chi connectivity index (χ0v) is 26.1. The molecule has 2 fully saturated rings. The molecule has 2 heterocycles. The summed E-state index contributed by atoms with van der Waals surface area (Å²) in [4.78, 5) is 45.1. The topological polar surface area (TPSA) is 101 Å². The summed E-state index contributed by atoms with van der Waals surface area (Å²) >= 11 is 0. The zero-order chi connectivity index (χ0) is 34.2. The summed E-state index contributed by atoms with van der Waals surface area (Å²) in [5.74, 6) is -4.82. The van der Waals surface area contributed by atoms with Crippen LogP contribution in [0.2, 0.25) is 0 Å². The number of hydrogen-bond acceptors (Lipinski definition) is 6. The van der Waals surface area contributed by atoms with E-state index < -0.39 is 87.8 Å². The van der Waals surface area contributed by atoms with Gasteiger partial charge in [0.25, 0.3) is 5.91 Å². The number of nitrogens with one attached hydrogen (secondary N) is 1. The summed E-state index contributed by atoms with van der Waals surface area (Å²) in [6, 6.07) is 0.385. The molecule has 256 valence electrons. The molecular weight excluding hydrogens is 649 g/mol. The van der Waals surface area contributed by atoms with E-state index in [0.29, 0.717) is 12.1 Å². The van der Waals surface area contributed by atoms with Gasteiger partial charge in [-0.05, 0) is 63.9 Å². The fourth-order valence-electron chi connectivity index (χ4n) is 5.20. The Morgan fingerprint density at radius 3 is 2.24 bits per heavy atom. The van der Waals surface area contributed by atoms with Crippen molar-refractivity contribution in [1.29, 1.82) is 0 Å². The number of amides is 3. The third kappa shape index (κ3) is 8.80. The predicted octanol–water partition coefficient (Wildman–Crippen LogP) is 7.14. The first-order valence-electron chi connectivity index (χ1n) is 14.4. The Hall–Kier alpha value is -3.60. The Kier molecular flexibility index (Phi) is 9.11. The first kappa shape index (κ1) is 35.3. The van der Waals surface area contributed by atoms with Gasteiger partial charge in [-0.2, -0.15) is 0 Å². The van der Waals surface area contributed by atoms with Crippen LogP contribution in [0.1, 0.15) is 58.1 Å². The van der Waals surface area contributed by atoms with Crippen LogP contribution < -0.4 is 10.2 Å². The van der Waals surface area contributed by atoms with Crippen LogP contribution >= 0.6 is 10.2 Å². The minimum absolute atomic E-state index is 0.0143. The molecule has 0 bridgehead atoms. The highest BCUT2D eigenvalue weighted by Crippen LogP contribution is 3.02. The van der Waals surface area contributed by atoms with Gasteiger partial charge in [-0.25, -0.2) is 13.6 Å². The number of ether oxygens (including phenoxy) is 2. The van der Waals surface area contributed by atoms with Crippen LogP contribution in [0, 0.1) is 0 Å². The maximum atomic E-state index is 14.4. The van der Waals surface area contributed by atoms with Crippen molar-refractivity contribution in [1.82, 2.24) is 15.2 Å². The molecule has 1 unspecified atom stereocenters. The smallest absolute Gasteiger partial charge is 0.411 e. The summed E-state index contributed by atoms with van der Waals surface area (Å²) in [7, 11) is -10.1. The van der Waals surface area contributed by atoms with Gasteiger partial charge in [0.1, 0.15) is 22.6 Å². The van der Waals surface area contributed by atoms with Gasteiger partial charge in [0.05, 0.1) is 13.2 Å². The van der Waals surface area contributed by atoms with Crippen LogP contribution in [0.4, 0.5) is 38.7 Å². The lowest BCUT2D eigenvalue weighted by Gasteiger charge is -2.42. The number of anilines is 1. The quantitative estimate of drug-likeness (QED) is 0.311. The second-order valence-electron chi connectivity index (χ2n) is 12.3. The van der Waals surface area contributed by atoms with E-state index in [4.69, 9.17) is 9.47 Å². The zero-order valence-electron chi connectivity index (χ0n) is 25.2. The fraction of sp³-hybridized carbons (Fsp3) is 0.517. The van der Waals surface area contributed by atoms with Crippen LogP contribution in [0.3, 0.4) is 0 Å². The molecule has 1 N–H and O–H groups in total. The van der Waals surface area contributed by atoms with Crippen LogP contribution in [0.25, 0.3) is 0 Å². The second-order valence-corrected chi connectivity index (χ2v) is 14.7. The normalized spacial score (nSPS) is 21.3. The van der Waals surface area contributed by atoms with Crippen molar-refractivity contribution in [2.24, 2.45) is 0 Å². The molecule has 1 saturated carbocycles. The SMILES string of the molecule is CC(C)(C)OC(=O)N1CCOC[C@@H]1C(=O)N(c1ccc(S(F)(F)(F)(F)F)cc1)C(C(=O)NC1CCC(F)(F)CC1)c1cccnc1. The lowest BCUT2D eigenvalue weighted by Crippen LogP contribution is -2.59. The monoisotopic (exact) mass is 684 g/mol. The number of halogens is 7. The molecule has 2 aliphatic rings. The van der Waals surface area contributed by atoms with Crippen molar-refractivity contribution in [2.75, 3.05) is 24.7 Å². The van der Waals surface area contributed by atoms with Crippen molar-refractivity contribution < 1.29 is 52.1 Å². The van der Waals surface area contributed by atoms with Crippen molar-refractivity contribution in [3.05, 3.63) is 54.4 Å². The number of morpholine rings is 1. The molecule has 46 heavy (non-hydrogen) atoms. The number of carbonyl (C=O) groups is 3. The number of pyridine rings is 1. The van der Waals surface area contributed by atoms with E-state index in [9.17, 15) is 42.6 Å². The van der Waals surface area contributed by atoms with E-state index in [2.05, 4.69) is 10.3 Å². The number of carbonyl (C=O) groups excluding carboxylic acids is 3. The molecule has 1 aromatic carbocycles. The molecular formula is C29H35F7N4O5S. The van der Waals surface area contributed by atoms with Gasteiger partial charge in [0.2, 0.25) is 11.8 Å². The Morgan fingerprint density at radius 1 is 1.07 bits per heavy atom. The highest BCUT2D eigenvalue weighted by Gasteiger charge is 2.65. The first-order valence-corrected chi connectivity index (χ1v) is 16.3. The molecule has 17 heteroatoms. The summed E-state index contributed by atoms with van der Waals surface area (Å²) in [6.07, 6.45) is 0.483. The minimum Gasteiger partial charge on any atom is -0.444 e. The molecule has 1 aliphatic carbocycles. The standard InChI is InChI=1S/C29H35F7N4O5S/c1-28(2,3)45-27(43)39-15-16-44-18-23(39)26(42)40(21-6-8-22(9-7-21)46(32,33,34,35)36)24(19-5-4-14-37-17-19)25(41)38-20-10-12-29(30,31)13-11-20/h4-9,14,17,20,23-24H,10-13,15-16,18H2,1-3H3,(H,38,41)/t23-,24?/m1/s1. The average molecular weight is 685 g/mol. The van der Waals surface area contributed by atoms with Gasteiger partial charge in [-0.3, -0.25) is 24.4 Å². The van der Waals surface area contributed by atoms with E-state index in [1.165, 1.54) is 24.5 Å². The van der Waals surface area contributed by atoms with Crippen LogP contribution in [0.15, 0.2) is 53.7 Å². The third-order valence-electron chi connectivity index (χ3n) is 7.41. The largest absolute Gasteiger partial charge is 0.444 e. The Morgan fingerprint density at radius 2 is 1.70 bits per heavy atom. The molecule has 4 rings (SSSR count). The molecule has 1 aliphatic heterocycles. The number of hydrogen-bond donors (Lipinski definition) is 1. The van der Waals surface area contributed by atoms with Crippen LogP contribution in [-0.4, -0.2) is 71.2 Å². The van der Waals surface area contributed by atoms with Crippen LogP contribution in [0.5, 0.6) is 0 Å². The molecule has 9 nitrogen and oxygen atoms in total. The van der Waals surface area contributed by atoms with Crippen molar-refractivity contribution in [3.63, 3.8) is 0 Å².